The number of aromatic hydroxyl groups is 1. The van der Waals surface area contributed by atoms with E-state index in [0.717, 1.165) is 0 Å². The van der Waals surface area contributed by atoms with Crippen molar-refractivity contribution in [1.29, 1.82) is 0 Å². The summed E-state index contributed by atoms with van der Waals surface area (Å²) in [5.74, 6) is -0.114. The molecule has 0 saturated heterocycles. The molecule has 0 bridgehead atoms. The first kappa shape index (κ1) is 13.1. The van der Waals surface area contributed by atoms with Gasteiger partial charge in [-0.1, -0.05) is 17.7 Å². The van der Waals surface area contributed by atoms with E-state index in [2.05, 4.69) is 20.9 Å². The summed E-state index contributed by atoms with van der Waals surface area (Å²) in [6.07, 6.45) is 1.57. The maximum absolute atomic E-state index is 12.4. The summed E-state index contributed by atoms with van der Waals surface area (Å²) in [5, 5.41) is 11.0. The molecule has 3 rings (SSSR count). The molecule has 1 N–H and O–H groups in total. The van der Waals surface area contributed by atoms with Crippen molar-refractivity contribution < 1.29 is 5.11 Å². The van der Waals surface area contributed by atoms with Crippen molar-refractivity contribution in [2.75, 3.05) is 0 Å². The summed E-state index contributed by atoms with van der Waals surface area (Å²) in [7, 11) is 0. The minimum Gasteiger partial charge on any atom is -0.506 e. The van der Waals surface area contributed by atoms with Gasteiger partial charge in [-0.05, 0) is 46.3 Å². The highest BCUT2D eigenvalue weighted by molar-refractivity contribution is 9.10. The highest BCUT2D eigenvalue weighted by Gasteiger charge is 2.16. The second-order valence-corrected chi connectivity index (χ2v) is 5.39. The molecule has 0 aliphatic heterocycles. The molecular formula is C14H8BrClN2O2. The third-order valence-corrected chi connectivity index (χ3v) is 3.87. The first-order valence-corrected chi connectivity index (χ1v) is 6.91. The number of fused-ring (bicyclic) bond motifs is 1. The third-order valence-electron chi connectivity index (χ3n) is 2.92. The Labute approximate surface area is 127 Å². The van der Waals surface area contributed by atoms with Crippen LogP contribution in [0.2, 0.25) is 5.02 Å². The highest BCUT2D eigenvalue weighted by Crippen LogP contribution is 2.30. The molecule has 0 unspecified atom stereocenters. The Morgan fingerprint density at radius 3 is 2.80 bits per heavy atom. The van der Waals surface area contributed by atoms with Crippen LogP contribution < -0.4 is 5.56 Å². The Morgan fingerprint density at radius 1 is 1.25 bits per heavy atom. The third kappa shape index (κ3) is 1.99. The number of pyridine rings is 2. The van der Waals surface area contributed by atoms with Crippen molar-refractivity contribution in [3.8, 4) is 11.4 Å². The molecule has 0 saturated carbocycles. The summed E-state index contributed by atoms with van der Waals surface area (Å²) >= 11 is 9.10. The Bertz CT molecular complexity index is 877. The van der Waals surface area contributed by atoms with E-state index in [1.54, 1.807) is 42.6 Å². The standard InChI is InChI=1S/C14H8BrClN2O2/c15-11-12(19)10-5-2-6-17-13(10)18(14(11)20)9-4-1-3-8(16)7-9/h1-7,19H. The zero-order valence-corrected chi connectivity index (χ0v) is 12.4. The largest absolute Gasteiger partial charge is 0.506 e. The maximum Gasteiger partial charge on any atom is 0.274 e. The van der Waals surface area contributed by atoms with Crippen LogP contribution in [-0.4, -0.2) is 14.7 Å². The number of halogens is 2. The van der Waals surface area contributed by atoms with Crippen LogP contribution in [0.25, 0.3) is 16.7 Å². The van der Waals surface area contributed by atoms with Crippen LogP contribution in [0.3, 0.4) is 0 Å². The Balaban J connectivity index is 2.50. The molecule has 1 aromatic carbocycles. The van der Waals surface area contributed by atoms with Gasteiger partial charge in [0.2, 0.25) is 0 Å². The van der Waals surface area contributed by atoms with Crippen molar-refractivity contribution in [2.24, 2.45) is 0 Å². The highest BCUT2D eigenvalue weighted by atomic mass is 79.9. The molecule has 0 fully saturated rings. The Kier molecular flexibility index (Phi) is 3.23. The maximum atomic E-state index is 12.4. The second kappa shape index (κ2) is 4.92. The summed E-state index contributed by atoms with van der Waals surface area (Å²) < 4.78 is 1.50. The Hall–Kier alpha value is -1.85. The van der Waals surface area contributed by atoms with Gasteiger partial charge in [0, 0.05) is 11.2 Å². The van der Waals surface area contributed by atoms with E-state index in [4.69, 9.17) is 11.6 Å². The molecule has 4 nitrogen and oxygen atoms in total. The summed E-state index contributed by atoms with van der Waals surface area (Å²) in [5.41, 5.74) is 0.573. The lowest BCUT2D eigenvalue weighted by Gasteiger charge is -2.12. The van der Waals surface area contributed by atoms with Crippen molar-refractivity contribution in [2.45, 2.75) is 0 Å². The van der Waals surface area contributed by atoms with E-state index in [1.165, 1.54) is 4.57 Å². The smallest absolute Gasteiger partial charge is 0.274 e. The summed E-state index contributed by atoms with van der Waals surface area (Å²) in [6, 6.07) is 10.3. The van der Waals surface area contributed by atoms with Gasteiger partial charge in [0.1, 0.15) is 10.2 Å². The lowest BCUT2D eigenvalue weighted by molar-refractivity contribution is 0.476. The van der Waals surface area contributed by atoms with E-state index in [9.17, 15) is 9.90 Å². The predicted octanol–water partition coefficient (Wildman–Crippen LogP) is 3.51. The van der Waals surface area contributed by atoms with Crippen LogP contribution in [-0.2, 0) is 0 Å². The zero-order valence-electron chi connectivity index (χ0n) is 10.0. The minimum absolute atomic E-state index is 0.0953. The van der Waals surface area contributed by atoms with Crippen molar-refractivity contribution in [1.82, 2.24) is 9.55 Å². The van der Waals surface area contributed by atoms with Gasteiger partial charge >= 0.3 is 0 Å². The number of rotatable bonds is 1. The lowest BCUT2D eigenvalue weighted by atomic mass is 10.2. The van der Waals surface area contributed by atoms with Crippen LogP contribution in [0.5, 0.6) is 5.75 Å². The molecule has 0 atom stereocenters. The molecular weight excluding hydrogens is 344 g/mol. The molecule has 20 heavy (non-hydrogen) atoms. The normalized spacial score (nSPS) is 10.9. The Morgan fingerprint density at radius 2 is 2.05 bits per heavy atom. The molecule has 0 spiro atoms. The molecule has 0 aliphatic rings. The average Bonchev–Trinajstić information content (AvgIpc) is 2.45. The zero-order chi connectivity index (χ0) is 14.3. The fourth-order valence-electron chi connectivity index (χ4n) is 2.03. The molecule has 100 valence electrons. The fraction of sp³-hybridized carbons (Fsp3) is 0. The van der Waals surface area contributed by atoms with Gasteiger partial charge in [0.25, 0.3) is 5.56 Å². The topological polar surface area (TPSA) is 55.1 Å². The lowest BCUT2D eigenvalue weighted by Crippen LogP contribution is -2.20. The van der Waals surface area contributed by atoms with Gasteiger partial charge < -0.3 is 5.11 Å². The first-order chi connectivity index (χ1) is 9.59. The second-order valence-electron chi connectivity index (χ2n) is 4.16. The van der Waals surface area contributed by atoms with Crippen LogP contribution in [0.1, 0.15) is 0 Å². The van der Waals surface area contributed by atoms with Gasteiger partial charge in [0.15, 0.2) is 5.65 Å². The number of benzene rings is 1. The molecule has 3 aromatic rings. The van der Waals surface area contributed by atoms with Gasteiger partial charge in [-0.3, -0.25) is 9.36 Å². The minimum atomic E-state index is -0.393. The number of hydrogen-bond acceptors (Lipinski definition) is 3. The van der Waals surface area contributed by atoms with Crippen LogP contribution in [0.15, 0.2) is 51.9 Å². The van der Waals surface area contributed by atoms with Crippen molar-refractivity contribution >= 4 is 38.6 Å². The number of hydrogen-bond donors (Lipinski definition) is 1. The fourth-order valence-corrected chi connectivity index (χ4v) is 2.60. The van der Waals surface area contributed by atoms with Gasteiger partial charge in [-0.15, -0.1) is 0 Å². The SMILES string of the molecule is O=c1c(Br)c(O)c2cccnc2n1-c1cccc(Cl)c1. The van der Waals surface area contributed by atoms with Crippen molar-refractivity contribution in [3.63, 3.8) is 0 Å². The monoisotopic (exact) mass is 350 g/mol. The van der Waals surface area contributed by atoms with E-state index < -0.39 is 5.56 Å². The summed E-state index contributed by atoms with van der Waals surface area (Å²) in [4.78, 5) is 16.6. The van der Waals surface area contributed by atoms with Crippen LogP contribution in [0, 0.1) is 0 Å². The first-order valence-electron chi connectivity index (χ1n) is 5.74. The molecule has 2 heterocycles. The summed E-state index contributed by atoms with van der Waals surface area (Å²) in [6.45, 7) is 0. The molecule has 0 radical (unpaired) electrons. The van der Waals surface area contributed by atoms with Crippen LogP contribution >= 0.6 is 27.5 Å². The number of aromatic nitrogens is 2. The van der Waals surface area contributed by atoms with E-state index >= 15 is 0 Å². The van der Waals surface area contributed by atoms with Crippen molar-refractivity contribution in [3.05, 3.63) is 62.4 Å². The van der Waals surface area contributed by atoms with E-state index in [-0.39, 0.29) is 10.2 Å². The molecule has 2 aromatic heterocycles. The molecule has 6 heteroatoms. The average molecular weight is 352 g/mol. The number of nitrogens with zero attached hydrogens (tertiary/aromatic N) is 2. The quantitative estimate of drug-likeness (QED) is 0.730. The predicted molar refractivity (Wildman–Crippen MR) is 81.7 cm³/mol. The van der Waals surface area contributed by atoms with Crippen LogP contribution in [0.4, 0.5) is 0 Å². The van der Waals surface area contributed by atoms with Gasteiger partial charge in [-0.2, -0.15) is 0 Å². The van der Waals surface area contributed by atoms with E-state index in [0.29, 0.717) is 21.7 Å². The van der Waals surface area contributed by atoms with Gasteiger partial charge in [-0.25, -0.2) is 4.98 Å². The van der Waals surface area contributed by atoms with E-state index in [1.807, 2.05) is 0 Å². The molecule has 0 aliphatic carbocycles. The molecule has 0 amide bonds. The van der Waals surface area contributed by atoms with Gasteiger partial charge in [0.05, 0.1) is 11.1 Å².